The number of allylic oxidation sites excluding steroid dienone is 1. The van der Waals surface area contributed by atoms with E-state index in [1.807, 2.05) is 31.9 Å². The molecule has 1 aromatic carbocycles. The van der Waals surface area contributed by atoms with Gasteiger partial charge < -0.3 is 16.2 Å². The molecule has 1 heterocycles. The minimum Gasteiger partial charge on any atom is -0.515 e. The Hall–Kier alpha value is -1.93. The predicted molar refractivity (Wildman–Crippen MR) is 127 cm³/mol. The first-order valence-corrected chi connectivity index (χ1v) is 11.7. The van der Waals surface area contributed by atoms with E-state index in [1.54, 1.807) is 25.2 Å². The van der Waals surface area contributed by atoms with Crippen LogP contribution in [-0.4, -0.2) is 42.0 Å². The fraction of sp³-hybridized carbons (Fsp3) is 0.429. The van der Waals surface area contributed by atoms with Crippen molar-refractivity contribution in [2.24, 2.45) is 5.73 Å². The summed E-state index contributed by atoms with van der Waals surface area (Å²) in [6.45, 7) is 5.50. The number of carbonyl (C=O) groups excluding carboxylic acids is 1. The molecule has 1 aliphatic rings. The maximum Gasteiger partial charge on any atom is 0.254 e. The van der Waals surface area contributed by atoms with E-state index in [9.17, 15) is 9.18 Å². The number of nitrogens with one attached hydrogen (secondary N) is 2. The average Bonchev–Trinajstić information content (AvgIpc) is 3.30. The Morgan fingerprint density at radius 2 is 2.10 bits per heavy atom. The number of anilines is 1. The maximum absolute atomic E-state index is 13.6. The molecule has 0 saturated heterocycles. The number of hydrogen-bond acceptors (Lipinski definition) is 6. The number of rotatable bonds is 7. The largest absolute Gasteiger partial charge is 0.515 e. The molecule has 5 N–H and O–H groups in total. The van der Waals surface area contributed by atoms with Gasteiger partial charge in [-0.05, 0) is 36.6 Å². The molecule has 8 heteroatoms. The molecule has 2 atom stereocenters. The van der Waals surface area contributed by atoms with Crippen LogP contribution in [0.1, 0.15) is 43.6 Å². The molecule has 0 spiro atoms. The van der Waals surface area contributed by atoms with Gasteiger partial charge in [0.15, 0.2) is 0 Å². The van der Waals surface area contributed by atoms with Crippen molar-refractivity contribution in [1.82, 2.24) is 0 Å². The van der Waals surface area contributed by atoms with E-state index in [0.717, 1.165) is 5.56 Å². The van der Waals surface area contributed by atoms with Crippen LogP contribution in [0.2, 0.25) is 0 Å². The number of amides is 1. The second-order valence-electron chi connectivity index (χ2n) is 5.70. The van der Waals surface area contributed by atoms with Crippen LogP contribution in [0.3, 0.4) is 0 Å². The number of aliphatic hydroxyl groups excluding tert-OH is 1. The molecule has 0 aromatic heterocycles. The normalized spacial score (nSPS) is 14.6. The SMILES string of the molecule is C1=CSCC1.CC.CNc1cc(C(SC)C(C)F)ccc1C(=N)/C(=C/O)C(N)=O. The molecule has 1 aliphatic heterocycles. The van der Waals surface area contributed by atoms with E-state index in [-0.39, 0.29) is 16.5 Å². The summed E-state index contributed by atoms with van der Waals surface area (Å²) in [5.74, 6) is 0.415. The van der Waals surface area contributed by atoms with Gasteiger partial charge in [-0.3, -0.25) is 10.2 Å². The highest BCUT2D eigenvalue weighted by Gasteiger charge is 2.21. The summed E-state index contributed by atoms with van der Waals surface area (Å²) in [5.41, 5.74) is 6.39. The average molecular weight is 442 g/mol. The summed E-state index contributed by atoms with van der Waals surface area (Å²) in [4.78, 5) is 11.2. The molecule has 0 radical (unpaired) electrons. The third-order valence-electron chi connectivity index (χ3n) is 3.84. The molecule has 1 aromatic rings. The van der Waals surface area contributed by atoms with Crippen LogP contribution < -0.4 is 11.1 Å². The smallest absolute Gasteiger partial charge is 0.254 e. The Bertz CT molecular complexity index is 716. The van der Waals surface area contributed by atoms with Crippen molar-refractivity contribution in [2.75, 3.05) is 24.4 Å². The van der Waals surface area contributed by atoms with Gasteiger partial charge in [0.05, 0.1) is 22.8 Å². The Morgan fingerprint density at radius 1 is 1.45 bits per heavy atom. The van der Waals surface area contributed by atoms with Gasteiger partial charge in [-0.15, -0.1) is 11.8 Å². The highest BCUT2D eigenvalue weighted by molar-refractivity contribution is 8.02. The minimum atomic E-state index is -1.02. The molecule has 0 aliphatic carbocycles. The number of hydrogen-bond donors (Lipinski definition) is 4. The van der Waals surface area contributed by atoms with E-state index in [2.05, 4.69) is 16.8 Å². The monoisotopic (exact) mass is 441 g/mol. The molecule has 0 fully saturated rings. The summed E-state index contributed by atoms with van der Waals surface area (Å²) in [6, 6.07) is 5.05. The number of alkyl halides is 1. The molecule has 162 valence electrons. The molecule has 2 rings (SSSR count). The van der Waals surface area contributed by atoms with Gasteiger partial charge in [-0.2, -0.15) is 11.8 Å². The van der Waals surface area contributed by atoms with Crippen molar-refractivity contribution in [2.45, 2.75) is 38.6 Å². The van der Waals surface area contributed by atoms with Crippen LogP contribution in [0.25, 0.3) is 0 Å². The summed E-state index contributed by atoms with van der Waals surface area (Å²) in [5, 5.41) is 21.8. The third-order valence-corrected chi connectivity index (χ3v) is 5.85. The summed E-state index contributed by atoms with van der Waals surface area (Å²) in [6.07, 6.45) is 4.81. The molecule has 2 unspecified atom stereocenters. The van der Waals surface area contributed by atoms with Gasteiger partial charge in [-0.1, -0.05) is 32.1 Å². The quantitative estimate of drug-likeness (QED) is 0.256. The predicted octanol–water partition coefficient (Wildman–Crippen LogP) is 5.45. The van der Waals surface area contributed by atoms with Crippen molar-refractivity contribution in [3.8, 4) is 0 Å². The van der Waals surface area contributed by atoms with Crippen molar-refractivity contribution in [1.29, 1.82) is 5.41 Å². The zero-order valence-corrected chi connectivity index (χ0v) is 19.3. The second kappa shape index (κ2) is 15.0. The Morgan fingerprint density at radius 3 is 2.45 bits per heavy atom. The lowest BCUT2D eigenvalue weighted by atomic mass is 9.97. The summed E-state index contributed by atoms with van der Waals surface area (Å²) >= 11 is 3.29. The number of carbonyl (C=O) groups is 1. The molecule has 29 heavy (non-hydrogen) atoms. The zero-order chi connectivity index (χ0) is 22.4. The van der Waals surface area contributed by atoms with E-state index < -0.39 is 12.1 Å². The highest BCUT2D eigenvalue weighted by atomic mass is 32.2. The molecular formula is C21H32FN3O2S2. The number of aliphatic hydroxyl groups is 1. The fourth-order valence-corrected chi connectivity index (χ4v) is 3.96. The molecule has 0 bridgehead atoms. The Kier molecular flexibility index (Phi) is 14.0. The Balaban J connectivity index is 0.000000949. The van der Waals surface area contributed by atoms with Crippen LogP contribution in [0.5, 0.6) is 0 Å². The Labute approximate surface area is 181 Å². The highest BCUT2D eigenvalue weighted by Crippen LogP contribution is 2.34. The summed E-state index contributed by atoms with van der Waals surface area (Å²) in [7, 11) is 1.66. The van der Waals surface area contributed by atoms with E-state index in [1.165, 1.54) is 30.9 Å². The van der Waals surface area contributed by atoms with E-state index in [0.29, 0.717) is 17.5 Å². The lowest BCUT2D eigenvalue weighted by molar-refractivity contribution is -0.114. The lowest BCUT2D eigenvalue weighted by Gasteiger charge is -2.19. The van der Waals surface area contributed by atoms with Crippen LogP contribution >= 0.6 is 23.5 Å². The van der Waals surface area contributed by atoms with Gasteiger partial charge in [0, 0.05) is 24.1 Å². The lowest BCUT2D eigenvalue weighted by Crippen LogP contribution is -2.22. The van der Waals surface area contributed by atoms with Gasteiger partial charge in [0.25, 0.3) is 5.91 Å². The molecular weight excluding hydrogens is 409 g/mol. The number of primary amides is 1. The molecule has 5 nitrogen and oxygen atoms in total. The summed E-state index contributed by atoms with van der Waals surface area (Å²) < 4.78 is 13.6. The van der Waals surface area contributed by atoms with Crippen LogP contribution in [0.15, 0.2) is 41.5 Å². The topological polar surface area (TPSA) is 99.2 Å². The van der Waals surface area contributed by atoms with Gasteiger partial charge in [0.1, 0.15) is 6.17 Å². The number of halogens is 1. The van der Waals surface area contributed by atoms with Gasteiger partial charge in [-0.25, -0.2) is 4.39 Å². The van der Waals surface area contributed by atoms with Gasteiger partial charge in [0.2, 0.25) is 0 Å². The number of nitrogens with two attached hydrogens (primary N) is 1. The van der Waals surface area contributed by atoms with Gasteiger partial charge >= 0.3 is 0 Å². The van der Waals surface area contributed by atoms with Crippen molar-refractivity contribution >= 4 is 40.8 Å². The minimum absolute atomic E-state index is 0.195. The van der Waals surface area contributed by atoms with Crippen LogP contribution in [0.4, 0.5) is 10.1 Å². The van der Waals surface area contributed by atoms with E-state index in [4.69, 9.17) is 16.2 Å². The van der Waals surface area contributed by atoms with Crippen LogP contribution in [-0.2, 0) is 4.79 Å². The van der Waals surface area contributed by atoms with E-state index >= 15 is 0 Å². The maximum atomic E-state index is 13.6. The number of benzene rings is 1. The van der Waals surface area contributed by atoms with Crippen molar-refractivity contribution in [3.05, 3.63) is 52.6 Å². The molecule has 1 amide bonds. The first kappa shape index (κ1) is 27.1. The van der Waals surface area contributed by atoms with Crippen molar-refractivity contribution < 1.29 is 14.3 Å². The first-order chi connectivity index (χ1) is 13.9. The van der Waals surface area contributed by atoms with Crippen molar-refractivity contribution in [3.63, 3.8) is 0 Å². The first-order valence-electron chi connectivity index (χ1n) is 9.36. The second-order valence-corrected chi connectivity index (χ2v) is 7.70. The zero-order valence-electron chi connectivity index (χ0n) is 17.7. The van der Waals surface area contributed by atoms with Crippen LogP contribution in [0, 0.1) is 5.41 Å². The number of thioether (sulfide) groups is 2. The standard InChI is InChI=1S/C15H20FN3O2S.C4H6S.C2H6/c1-8(16)14(22-3)9-4-5-10(12(6-9)19-2)13(17)11(7-20)15(18)21;1-2-4-5-3-1;1-2/h4-8,14,17,19-20H,1-3H3,(H2,18,21);1,3H,2,4H2;1-2H3/b11-7-,17-13?;;. The third kappa shape index (κ3) is 8.53. The molecule has 0 saturated carbocycles. The fourth-order valence-electron chi connectivity index (χ4n) is 2.49.